The number of anilines is 2. The molecule has 2 aliphatic rings. The molecule has 2 N–H and O–H groups in total. The molecule has 1 heterocycles. The van der Waals surface area contributed by atoms with Crippen LogP contribution in [0.25, 0.3) is 0 Å². The summed E-state index contributed by atoms with van der Waals surface area (Å²) >= 11 is 2.25. The van der Waals surface area contributed by atoms with Gasteiger partial charge in [0, 0.05) is 3.57 Å². The summed E-state index contributed by atoms with van der Waals surface area (Å²) in [6.45, 7) is 2.00. The fraction of sp³-hybridized carbons (Fsp3) is 0.417. The van der Waals surface area contributed by atoms with Gasteiger partial charge in [-0.05, 0) is 66.5 Å². The van der Waals surface area contributed by atoms with Gasteiger partial charge in [-0.2, -0.15) is 0 Å². The number of rotatable bonds is 1. The first kappa shape index (κ1) is 10.4. The molecule has 1 fully saturated rings. The van der Waals surface area contributed by atoms with Crippen LogP contribution in [-0.4, -0.2) is 11.4 Å². The van der Waals surface area contributed by atoms with E-state index in [0.717, 1.165) is 27.8 Å². The van der Waals surface area contributed by atoms with Crippen LogP contribution in [0.15, 0.2) is 18.2 Å². The van der Waals surface area contributed by atoms with Crippen molar-refractivity contribution in [3.63, 3.8) is 0 Å². The number of hydrogen-bond donors (Lipinski definition) is 2. The number of nitrogens with one attached hydrogen (secondary N) is 2. The largest absolute Gasteiger partial charge is 0.370 e. The Morgan fingerprint density at radius 3 is 2.81 bits per heavy atom. The van der Waals surface area contributed by atoms with Gasteiger partial charge >= 0.3 is 0 Å². The average molecular weight is 328 g/mol. The van der Waals surface area contributed by atoms with Crippen LogP contribution >= 0.6 is 22.6 Å². The van der Waals surface area contributed by atoms with Crippen molar-refractivity contribution in [1.82, 2.24) is 0 Å². The van der Waals surface area contributed by atoms with E-state index in [1.54, 1.807) is 0 Å². The van der Waals surface area contributed by atoms with Crippen LogP contribution in [0, 0.1) is 9.49 Å². The molecule has 1 aromatic carbocycles. The predicted molar refractivity (Wildman–Crippen MR) is 72.5 cm³/mol. The molecule has 0 saturated heterocycles. The Bertz CT molecular complexity index is 470. The van der Waals surface area contributed by atoms with Crippen molar-refractivity contribution in [3.05, 3.63) is 21.8 Å². The zero-order valence-corrected chi connectivity index (χ0v) is 11.2. The van der Waals surface area contributed by atoms with Crippen molar-refractivity contribution in [3.8, 4) is 0 Å². The highest BCUT2D eigenvalue weighted by molar-refractivity contribution is 14.1. The first-order chi connectivity index (χ1) is 7.59. The van der Waals surface area contributed by atoms with Gasteiger partial charge in [-0.1, -0.05) is 0 Å². The number of hydrogen-bond acceptors (Lipinski definition) is 2. The van der Waals surface area contributed by atoms with E-state index in [-0.39, 0.29) is 5.91 Å². The Kier molecular flexibility index (Phi) is 2.18. The van der Waals surface area contributed by atoms with Crippen molar-refractivity contribution in [2.45, 2.75) is 25.3 Å². The van der Waals surface area contributed by atoms with Crippen molar-refractivity contribution in [2.24, 2.45) is 5.92 Å². The van der Waals surface area contributed by atoms with Gasteiger partial charge in [0.15, 0.2) is 0 Å². The summed E-state index contributed by atoms with van der Waals surface area (Å²) in [7, 11) is 0. The summed E-state index contributed by atoms with van der Waals surface area (Å²) < 4.78 is 1.13. The summed E-state index contributed by atoms with van der Waals surface area (Å²) in [4.78, 5) is 12.1. The van der Waals surface area contributed by atoms with E-state index in [1.165, 1.54) is 0 Å². The van der Waals surface area contributed by atoms with Crippen LogP contribution in [0.3, 0.4) is 0 Å². The molecule has 1 unspecified atom stereocenters. The third kappa shape index (κ3) is 1.50. The minimum absolute atomic E-state index is 0.101. The van der Waals surface area contributed by atoms with Gasteiger partial charge in [0.2, 0.25) is 5.91 Å². The lowest BCUT2D eigenvalue weighted by Crippen LogP contribution is -2.51. The summed E-state index contributed by atoms with van der Waals surface area (Å²) in [5.74, 6) is 0.587. The molecule has 1 aliphatic carbocycles. The fourth-order valence-corrected chi connectivity index (χ4v) is 2.76. The molecule has 0 radical (unpaired) electrons. The number of fused-ring (bicyclic) bond motifs is 1. The first-order valence-corrected chi connectivity index (χ1v) is 6.57. The molecule has 0 bridgehead atoms. The number of halogens is 1. The number of carbonyl (C=O) groups is 1. The topological polar surface area (TPSA) is 41.1 Å². The molecule has 1 amide bonds. The Balaban J connectivity index is 2.01. The molecule has 1 aromatic rings. The second kappa shape index (κ2) is 3.35. The molecule has 4 heteroatoms. The smallest absolute Gasteiger partial charge is 0.250 e. The van der Waals surface area contributed by atoms with E-state index in [1.807, 2.05) is 19.1 Å². The fourth-order valence-electron chi connectivity index (χ4n) is 2.27. The summed E-state index contributed by atoms with van der Waals surface area (Å²) in [6.07, 6.45) is 2.30. The first-order valence-electron chi connectivity index (χ1n) is 5.49. The maximum Gasteiger partial charge on any atom is 0.250 e. The van der Waals surface area contributed by atoms with E-state index >= 15 is 0 Å². The van der Waals surface area contributed by atoms with Crippen LogP contribution < -0.4 is 10.6 Å². The Morgan fingerprint density at radius 2 is 2.12 bits per heavy atom. The van der Waals surface area contributed by atoms with E-state index in [9.17, 15) is 4.79 Å². The second-order valence-corrected chi connectivity index (χ2v) is 5.99. The van der Waals surface area contributed by atoms with Gasteiger partial charge < -0.3 is 10.6 Å². The molecule has 1 atom stereocenters. The molecule has 0 aromatic heterocycles. The van der Waals surface area contributed by atoms with Crippen molar-refractivity contribution < 1.29 is 4.79 Å². The second-order valence-electron chi connectivity index (χ2n) is 4.75. The van der Waals surface area contributed by atoms with Gasteiger partial charge in [-0.25, -0.2) is 0 Å². The van der Waals surface area contributed by atoms with Gasteiger partial charge in [0.05, 0.1) is 11.4 Å². The SMILES string of the molecule is CC1(C2CC2)Nc2ccc(I)cc2NC1=O. The van der Waals surface area contributed by atoms with E-state index < -0.39 is 5.54 Å². The molecule has 0 spiro atoms. The number of carbonyl (C=O) groups excluding carboxylic acids is 1. The monoisotopic (exact) mass is 328 g/mol. The Labute approximate surface area is 108 Å². The zero-order valence-electron chi connectivity index (χ0n) is 9.01. The van der Waals surface area contributed by atoms with Crippen molar-refractivity contribution in [2.75, 3.05) is 10.6 Å². The molecule has 16 heavy (non-hydrogen) atoms. The van der Waals surface area contributed by atoms with Crippen LogP contribution in [0.5, 0.6) is 0 Å². The Hall–Kier alpha value is -0.780. The molecule has 3 nitrogen and oxygen atoms in total. The predicted octanol–water partition coefficient (Wildman–Crippen LogP) is 2.82. The van der Waals surface area contributed by atoms with Gasteiger partial charge in [-0.3, -0.25) is 4.79 Å². The van der Waals surface area contributed by atoms with Crippen LogP contribution in [0.2, 0.25) is 0 Å². The maximum absolute atomic E-state index is 12.1. The summed E-state index contributed by atoms with van der Waals surface area (Å²) in [5, 5.41) is 6.40. The van der Waals surface area contributed by atoms with Gasteiger partial charge in [0.1, 0.15) is 5.54 Å². The summed E-state index contributed by atoms with van der Waals surface area (Å²) in [5.41, 5.74) is 1.52. The Morgan fingerprint density at radius 1 is 1.38 bits per heavy atom. The quantitative estimate of drug-likeness (QED) is 0.779. The normalized spacial score (nSPS) is 28.0. The van der Waals surface area contributed by atoms with Crippen LogP contribution in [0.4, 0.5) is 11.4 Å². The third-order valence-corrected chi connectivity index (χ3v) is 4.16. The average Bonchev–Trinajstić information content (AvgIpc) is 3.04. The van der Waals surface area contributed by atoms with Crippen LogP contribution in [-0.2, 0) is 4.79 Å². The third-order valence-electron chi connectivity index (χ3n) is 3.49. The zero-order chi connectivity index (χ0) is 11.3. The molecule has 84 valence electrons. The maximum atomic E-state index is 12.1. The van der Waals surface area contributed by atoms with Crippen molar-refractivity contribution >= 4 is 39.9 Å². The van der Waals surface area contributed by atoms with Gasteiger partial charge in [0.25, 0.3) is 0 Å². The van der Waals surface area contributed by atoms with Crippen molar-refractivity contribution in [1.29, 1.82) is 0 Å². The highest BCUT2D eigenvalue weighted by Crippen LogP contribution is 2.45. The highest BCUT2D eigenvalue weighted by Gasteiger charge is 2.49. The lowest BCUT2D eigenvalue weighted by Gasteiger charge is -2.36. The van der Waals surface area contributed by atoms with E-state index in [4.69, 9.17) is 0 Å². The minimum Gasteiger partial charge on any atom is -0.370 e. The lowest BCUT2D eigenvalue weighted by atomic mass is 9.91. The molecular weight excluding hydrogens is 315 g/mol. The molecule has 1 saturated carbocycles. The minimum atomic E-state index is -0.417. The molecular formula is C12H13IN2O. The van der Waals surface area contributed by atoms with Gasteiger partial charge in [-0.15, -0.1) is 0 Å². The number of amides is 1. The highest BCUT2D eigenvalue weighted by atomic mass is 127. The standard InChI is InChI=1S/C12H13IN2O/c1-12(7-2-3-7)11(16)14-10-6-8(13)4-5-9(10)15-12/h4-7,15H,2-3H2,1H3,(H,14,16). The van der Waals surface area contributed by atoms with E-state index in [0.29, 0.717) is 5.92 Å². The molecule has 3 rings (SSSR count). The van der Waals surface area contributed by atoms with Crippen LogP contribution in [0.1, 0.15) is 19.8 Å². The summed E-state index contributed by atoms with van der Waals surface area (Å²) in [6, 6.07) is 6.08. The van der Waals surface area contributed by atoms with E-state index in [2.05, 4.69) is 39.3 Å². The molecule has 1 aliphatic heterocycles. The number of benzene rings is 1. The lowest BCUT2D eigenvalue weighted by molar-refractivity contribution is -0.120.